The molecule has 0 radical (unpaired) electrons. The maximum absolute atomic E-state index is 12.9. The Morgan fingerprint density at radius 2 is 2.06 bits per heavy atom. The third kappa shape index (κ3) is 1.91. The van der Waals surface area contributed by atoms with Gasteiger partial charge in [-0.05, 0) is 12.8 Å². The Labute approximate surface area is 96.8 Å². The van der Waals surface area contributed by atoms with Crippen LogP contribution in [0.4, 0.5) is 8.78 Å². The number of nitrogens with zero attached hydrogens (tertiary/aromatic N) is 3. The summed E-state index contributed by atoms with van der Waals surface area (Å²) in [6.45, 7) is 0. The highest BCUT2D eigenvalue weighted by molar-refractivity contribution is 7.80. The molecule has 2 N–H and O–H groups in total. The Bertz CT molecular complexity index is 398. The topological polar surface area (TPSA) is 56.7 Å². The van der Waals surface area contributed by atoms with Crippen LogP contribution >= 0.6 is 12.2 Å². The lowest BCUT2D eigenvalue weighted by molar-refractivity contribution is 0.135. The Kier molecular flexibility index (Phi) is 3.13. The molecule has 0 bridgehead atoms. The first-order valence-electron chi connectivity index (χ1n) is 5.14. The van der Waals surface area contributed by atoms with Crippen LogP contribution in [0.1, 0.15) is 49.5 Å². The highest BCUT2D eigenvalue weighted by Gasteiger charge is 2.28. The predicted molar refractivity (Wildman–Crippen MR) is 58.4 cm³/mol. The molecule has 0 unspecified atom stereocenters. The van der Waals surface area contributed by atoms with E-state index in [9.17, 15) is 8.78 Å². The third-order valence-corrected chi connectivity index (χ3v) is 3.03. The van der Waals surface area contributed by atoms with Crippen molar-refractivity contribution in [2.24, 2.45) is 5.73 Å². The molecule has 1 saturated carbocycles. The fourth-order valence-electron chi connectivity index (χ4n) is 2.10. The summed E-state index contributed by atoms with van der Waals surface area (Å²) in [6.07, 6.45) is 1.15. The molecule has 7 heteroatoms. The quantitative estimate of drug-likeness (QED) is 0.828. The lowest BCUT2D eigenvalue weighted by atomic mass is 10.2. The van der Waals surface area contributed by atoms with Gasteiger partial charge in [0.05, 0.1) is 6.04 Å². The molecule has 0 atom stereocenters. The number of hydrogen-bond donors (Lipinski definition) is 1. The van der Waals surface area contributed by atoms with Gasteiger partial charge in [-0.15, -0.1) is 5.10 Å². The van der Waals surface area contributed by atoms with E-state index >= 15 is 0 Å². The molecule has 1 heterocycles. The summed E-state index contributed by atoms with van der Waals surface area (Å²) in [6, 6.07) is 0.0135. The van der Waals surface area contributed by atoms with E-state index in [-0.39, 0.29) is 22.4 Å². The van der Waals surface area contributed by atoms with Crippen LogP contribution in [0.5, 0.6) is 0 Å². The second-order valence-corrected chi connectivity index (χ2v) is 4.31. The minimum absolute atomic E-state index is 0.0135. The van der Waals surface area contributed by atoms with Crippen molar-refractivity contribution in [2.75, 3.05) is 0 Å². The van der Waals surface area contributed by atoms with Crippen LogP contribution in [-0.2, 0) is 0 Å². The van der Waals surface area contributed by atoms with E-state index in [2.05, 4.69) is 22.5 Å². The van der Waals surface area contributed by atoms with E-state index in [0.717, 1.165) is 25.7 Å². The van der Waals surface area contributed by atoms with Gasteiger partial charge in [0.15, 0.2) is 0 Å². The summed E-state index contributed by atoms with van der Waals surface area (Å²) in [4.78, 5) is -0.125. The summed E-state index contributed by atoms with van der Waals surface area (Å²) in [7, 11) is 0. The van der Waals surface area contributed by atoms with Crippen LogP contribution in [0.25, 0.3) is 0 Å². The van der Waals surface area contributed by atoms with Gasteiger partial charge in [0.1, 0.15) is 16.4 Å². The number of alkyl halides is 2. The molecule has 0 saturated heterocycles. The lowest BCUT2D eigenvalue weighted by Gasteiger charge is -2.12. The van der Waals surface area contributed by atoms with Gasteiger partial charge in [0.2, 0.25) is 0 Å². The van der Waals surface area contributed by atoms with Crippen molar-refractivity contribution in [1.82, 2.24) is 15.0 Å². The molecule has 0 amide bonds. The number of nitrogens with two attached hydrogens (primary N) is 1. The van der Waals surface area contributed by atoms with Gasteiger partial charge in [-0.25, -0.2) is 13.5 Å². The van der Waals surface area contributed by atoms with Crippen LogP contribution < -0.4 is 5.73 Å². The lowest BCUT2D eigenvalue weighted by Crippen LogP contribution is -2.16. The van der Waals surface area contributed by atoms with Crippen LogP contribution in [-0.4, -0.2) is 20.0 Å². The molecule has 1 fully saturated rings. The van der Waals surface area contributed by atoms with Gasteiger partial charge >= 0.3 is 0 Å². The SMILES string of the molecule is NC(=S)c1nnn(C2CCCC2)c1C(F)F. The summed E-state index contributed by atoms with van der Waals surface area (Å²) in [5, 5.41) is 7.41. The summed E-state index contributed by atoms with van der Waals surface area (Å²) in [5.41, 5.74) is 5.07. The van der Waals surface area contributed by atoms with Crippen LogP contribution in [0.2, 0.25) is 0 Å². The van der Waals surface area contributed by atoms with E-state index in [1.165, 1.54) is 4.68 Å². The predicted octanol–water partition coefficient (Wildman–Crippen LogP) is 1.96. The van der Waals surface area contributed by atoms with Crippen molar-refractivity contribution in [2.45, 2.75) is 38.2 Å². The number of hydrogen-bond acceptors (Lipinski definition) is 3. The zero-order valence-electron chi connectivity index (χ0n) is 8.57. The van der Waals surface area contributed by atoms with Crippen molar-refractivity contribution < 1.29 is 8.78 Å². The monoisotopic (exact) mass is 246 g/mol. The van der Waals surface area contributed by atoms with Crippen LogP contribution in [0.3, 0.4) is 0 Å². The van der Waals surface area contributed by atoms with E-state index < -0.39 is 6.43 Å². The van der Waals surface area contributed by atoms with E-state index in [1.54, 1.807) is 0 Å². The highest BCUT2D eigenvalue weighted by Crippen LogP contribution is 2.33. The largest absolute Gasteiger partial charge is 0.388 e. The summed E-state index contributed by atoms with van der Waals surface area (Å²) < 4.78 is 27.1. The second kappa shape index (κ2) is 4.40. The van der Waals surface area contributed by atoms with Gasteiger partial charge in [0, 0.05) is 0 Å². The van der Waals surface area contributed by atoms with Gasteiger partial charge < -0.3 is 5.73 Å². The van der Waals surface area contributed by atoms with Crippen molar-refractivity contribution in [3.63, 3.8) is 0 Å². The Balaban J connectivity index is 2.40. The molecular weight excluding hydrogens is 234 g/mol. The highest BCUT2D eigenvalue weighted by atomic mass is 32.1. The molecular formula is C9H12F2N4S. The zero-order valence-corrected chi connectivity index (χ0v) is 9.38. The minimum atomic E-state index is -2.65. The molecule has 4 nitrogen and oxygen atoms in total. The first-order chi connectivity index (χ1) is 7.61. The van der Waals surface area contributed by atoms with Crippen molar-refractivity contribution in [3.05, 3.63) is 11.4 Å². The number of halogens is 2. The average molecular weight is 246 g/mol. The third-order valence-electron chi connectivity index (χ3n) is 2.84. The molecule has 1 aromatic heterocycles. The normalized spacial score (nSPS) is 17.2. The van der Waals surface area contributed by atoms with Crippen LogP contribution in [0.15, 0.2) is 0 Å². The number of thiocarbonyl (C=S) groups is 1. The van der Waals surface area contributed by atoms with E-state index in [1.807, 2.05) is 0 Å². The molecule has 1 aromatic rings. The van der Waals surface area contributed by atoms with Gasteiger partial charge in [0.25, 0.3) is 6.43 Å². The summed E-state index contributed by atoms with van der Waals surface area (Å²) >= 11 is 4.69. The Morgan fingerprint density at radius 1 is 1.44 bits per heavy atom. The first kappa shape index (κ1) is 11.4. The van der Waals surface area contributed by atoms with Crippen molar-refractivity contribution in [1.29, 1.82) is 0 Å². The average Bonchev–Trinajstić information content (AvgIpc) is 2.85. The molecule has 88 valence electrons. The van der Waals surface area contributed by atoms with E-state index in [4.69, 9.17) is 5.73 Å². The maximum atomic E-state index is 12.9. The molecule has 16 heavy (non-hydrogen) atoms. The minimum Gasteiger partial charge on any atom is -0.388 e. The molecule has 0 spiro atoms. The smallest absolute Gasteiger partial charge is 0.282 e. The molecule has 0 aromatic carbocycles. The summed E-state index contributed by atoms with van der Waals surface area (Å²) in [5.74, 6) is 0. The van der Waals surface area contributed by atoms with Gasteiger partial charge in [-0.1, -0.05) is 30.3 Å². The fraction of sp³-hybridized carbons (Fsp3) is 0.667. The van der Waals surface area contributed by atoms with Crippen molar-refractivity contribution in [3.8, 4) is 0 Å². The molecule has 2 rings (SSSR count). The van der Waals surface area contributed by atoms with Gasteiger partial charge in [-0.2, -0.15) is 0 Å². The number of rotatable bonds is 3. The fourth-order valence-corrected chi connectivity index (χ4v) is 2.24. The molecule has 1 aliphatic carbocycles. The first-order valence-corrected chi connectivity index (χ1v) is 5.55. The van der Waals surface area contributed by atoms with Crippen LogP contribution in [0, 0.1) is 0 Å². The molecule has 1 aliphatic rings. The van der Waals surface area contributed by atoms with Crippen molar-refractivity contribution >= 4 is 17.2 Å². The van der Waals surface area contributed by atoms with E-state index in [0.29, 0.717) is 0 Å². The van der Waals surface area contributed by atoms with Gasteiger partial charge in [-0.3, -0.25) is 0 Å². The zero-order chi connectivity index (χ0) is 11.7. The Hall–Kier alpha value is -1.11. The second-order valence-electron chi connectivity index (χ2n) is 3.87. The molecule has 0 aliphatic heterocycles. The standard InChI is InChI=1S/C9H12F2N4S/c10-8(11)7-6(9(12)16)13-14-15(7)5-3-1-2-4-5/h5,8H,1-4H2,(H2,12,16). The number of aromatic nitrogens is 3. The maximum Gasteiger partial charge on any atom is 0.282 e. The Morgan fingerprint density at radius 3 is 2.56 bits per heavy atom.